The highest BCUT2D eigenvalue weighted by molar-refractivity contribution is 4.94. The molecule has 0 radical (unpaired) electrons. The molecule has 4 heteroatoms. The molecular weight excluding hydrogens is 178 g/mol. The Labute approximate surface area is 87.5 Å². The topological polar surface area (TPSA) is 75.5 Å². The van der Waals surface area contributed by atoms with E-state index < -0.39 is 0 Å². The number of hydrazine groups is 1. The fraction of sp³-hybridized carbons (Fsp3) is 0.800. The molecule has 0 spiro atoms. The molecule has 0 saturated carbocycles. The first-order chi connectivity index (χ1) is 6.35. The monoisotopic (exact) mass is 203 g/mol. The Hall–Kier alpha value is -0.740. The standard InChI is InChI=1S/C8H19N3O.C2H6/c1-8(2,3)6-11(10)4-7(9)5-12;1-2/h4,12H,5-6,9-10H2,1-3H3;1-2H3/b7-4-;. The van der Waals surface area contributed by atoms with Gasteiger partial charge in [-0.15, -0.1) is 0 Å². The summed E-state index contributed by atoms with van der Waals surface area (Å²) in [5.74, 6) is 5.60. The van der Waals surface area contributed by atoms with Gasteiger partial charge in [-0.05, 0) is 5.41 Å². The zero-order chi connectivity index (χ0) is 11.8. The fourth-order valence-corrected chi connectivity index (χ4v) is 0.847. The van der Waals surface area contributed by atoms with Gasteiger partial charge in [-0.3, -0.25) is 0 Å². The third-order valence-corrected chi connectivity index (χ3v) is 1.17. The first-order valence-corrected chi connectivity index (χ1v) is 4.93. The first kappa shape index (κ1) is 15.7. The van der Waals surface area contributed by atoms with Crippen LogP contribution in [0, 0.1) is 5.41 Å². The van der Waals surface area contributed by atoms with E-state index in [4.69, 9.17) is 16.7 Å². The average Bonchev–Trinajstić information content (AvgIpc) is 2.04. The molecule has 0 aromatic rings. The molecule has 5 N–H and O–H groups in total. The van der Waals surface area contributed by atoms with Crippen molar-refractivity contribution in [3.8, 4) is 0 Å². The lowest BCUT2D eigenvalue weighted by atomic mass is 9.97. The van der Waals surface area contributed by atoms with Crippen molar-refractivity contribution in [1.29, 1.82) is 0 Å². The van der Waals surface area contributed by atoms with E-state index in [2.05, 4.69) is 20.8 Å². The SMILES string of the molecule is CC.CC(C)(C)CN(N)/C=C(\N)CO. The summed E-state index contributed by atoms with van der Waals surface area (Å²) in [7, 11) is 0. The maximum absolute atomic E-state index is 8.61. The highest BCUT2D eigenvalue weighted by Crippen LogP contribution is 2.13. The molecule has 0 aliphatic heterocycles. The van der Waals surface area contributed by atoms with E-state index in [9.17, 15) is 0 Å². The van der Waals surface area contributed by atoms with Crippen LogP contribution in [0.4, 0.5) is 0 Å². The second-order valence-electron chi connectivity index (χ2n) is 4.10. The van der Waals surface area contributed by atoms with Gasteiger partial charge in [-0.2, -0.15) is 0 Å². The van der Waals surface area contributed by atoms with Gasteiger partial charge in [0, 0.05) is 12.7 Å². The van der Waals surface area contributed by atoms with Gasteiger partial charge in [0.2, 0.25) is 0 Å². The van der Waals surface area contributed by atoms with Crippen molar-refractivity contribution < 1.29 is 5.11 Å². The molecule has 0 aliphatic carbocycles. The van der Waals surface area contributed by atoms with E-state index in [1.165, 1.54) is 5.01 Å². The van der Waals surface area contributed by atoms with Crippen molar-refractivity contribution in [3.63, 3.8) is 0 Å². The molecule has 0 unspecified atom stereocenters. The van der Waals surface area contributed by atoms with Crippen LogP contribution in [0.1, 0.15) is 34.6 Å². The van der Waals surface area contributed by atoms with Gasteiger partial charge in [0.25, 0.3) is 0 Å². The predicted octanol–water partition coefficient (Wildman–Crippen LogP) is 1.03. The first-order valence-electron chi connectivity index (χ1n) is 4.93. The zero-order valence-corrected chi connectivity index (χ0v) is 10.0. The number of aliphatic hydroxyl groups excluding tert-OH is 1. The van der Waals surface area contributed by atoms with Gasteiger partial charge in [0.15, 0.2) is 0 Å². The van der Waals surface area contributed by atoms with E-state index >= 15 is 0 Å². The van der Waals surface area contributed by atoms with Gasteiger partial charge in [-0.25, -0.2) is 5.84 Å². The normalized spacial score (nSPS) is 11.8. The molecule has 0 heterocycles. The molecule has 86 valence electrons. The second kappa shape index (κ2) is 7.64. The molecule has 14 heavy (non-hydrogen) atoms. The van der Waals surface area contributed by atoms with Gasteiger partial charge in [0.1, 0.15) is 0 Å². The Morgan fingerprint density at radius 3 is 2.07 bits per heavy atom. The lowest BCUT2D eigenvalue weighted by Gasteiger charge is -2.25. The number of aliphatic hydroxyl groups is 1. The molecule has 0 aromatic heterocycles. The van der Waals surface area contributed by atoms with Gasteiger partial charge in [-0.1, -0.05) is 34.6 Å². The van der Waals surface area contributed by atoms with Crippen LogP contribution in [0.15, 0.2) is 11.9 Å². The van der Waals surface area contributed by atoms with Crippen LogP contribution in [-0.4, -0.2) is 23.3 Å². The van der Waals surface area contributed by atoms with Crippen molar-refractivity contribution in [2.24, 2.45) is 17.0 Å². The minimum absolute atomic E-state index is 0.126. The van der Waals surface area contributed by atoms with Crippen LogP contribution in [0.3, 0.4) is 0 Å². The van der Waals surface area contributed by atoms with Gasteiger partial charge >= 0.3 is 0 Å². The minimum Gasteiger partial charge on any atom is -0.399 e. The Kier molecular flexibility index (Phi) is 8.58. The van der Waals surface area contributed by atoms with E-state index in [0.717, 1.165) is 0 Å². The molecular formula is C10H25N3O. The summed E-state index contributed by atoms with van der Waals surface area (Å²) in [6.07, 6.45) is 1.55. The molecule has 0 aromatic carbocycles. The maximum atomic E-state index is 8.61. The van der Waals surface area contributed by atoms with Crippen molar-refractivity contribution in [2.75, 3.05) is 13.2 Å². The summed E-state index contributed by atoms with van der Waals surface area (Å²) < 4.78 is 0. The molecule has 0 rings (SSSR count). The van der Waals surface area contributed by atoms with E-state index in [-0.39, 0.29) is 12.0 Å². The Morgan fingerprint density at radius 1 is 1.36 bits per heavy atom. The number of nitrogens with two attached hydrogens (primary N) is 2. The van der Waals surface area contributed by atoms with Crippen LogP contribution in [0.2, 0.25) is 0 Å². The summed E-state index contributed by atoms with van der Waals surface area (Å²) in [5, 5.41) is 10.1. The van der Waals surface area contributed by atoms with Crippen molar-refractivity contribution in [3.05, 3.63) is 11.9 Å². The second-order valence-corrected chi connectivity index (χ2v) is 4.10. The van der Waals surface area contributed by atoms with Crippen LogP contribution in [-0.2, 0) is 0 Å². The highest BCUT2D eigenvalue weighted by atomic mass is 16.3. The largest absolute Gasteiger partial charge is 0.399 e. The third-order valence-electron chi connectivity index (χ3n) is 1.17. The smallest absolute Gasteiger partial charge is 0.0840 e. The van der Waals surface area contributed by atoms with E-state index in [0.29, 0.717) is 12.2 Å². The molecule has 0 bridgehead atoms. The van der Waals surface area contributed by atoms with Crippen LogP contribution in [0.5, 0.6) is 0 Å². The van der Waals surface area contributed by atoms with Crippen LogP contribution < -0.4 is 11.6 Å². The van der Waals surface area contributed by atoms with Crippen LogP contribution >= 0.6 is 0 Å². The average molecular weight is 203 g/mol. The van der Waals surface area contributed by atoms with E-state index in [1.807, 2.05) is 13.8 Å². The molecule has 0 fully saturated rings. The molecule has 4 nitrogen and oxygen atoms in total. The predicted molar refractivity (Wildman–Crippen MR) is 61.1 cm³/mol. The molecule has 0 amide bonds. The summed E-state index contributed by atoms with van der Waals surface area (Å²) in [4.78, 5) is 0. The molecule has 0 saturated heterocycles. The van der Waals surface area contributed by atoms with Crippen LogP contribution in [0.25, 0.3) is 0 Å². The lowest BCUT2D eigenvalue weighted by molar-refractivity contribution is 0.250. The number of hydrogen-bond donors (Lipinski definition) is 3. The number of rotatable bonds is 3. The summed E-state index contributed by atoms with van der Waals surface area (Å²) in [6.45, 7) is 10.8. The zero-order valence-electron chi connectivity index (χ0n) is 10.0. The third kappa shape index (κ3) is 11.3. The fourth-order valence-electron chi connectivity index (χ4n) is 0.847. The quantitative estimate of drug-likeness (QED) is 0.473. The lowest BCUT2D eigenvalue weighted by Crippen LogP contribution is -2.34. The Morgan fingerprint density at radius 2 is 1.79 bits per heavy atom. The molecule has 0 atom stereocenters. The number of hydrogen-bond acceptors (Lipinski definition) is 4. The molecule has 0 aliphatic rings. The summed E-state index contributed by atoms with van der Waals surface area (Å²) in [5.41, 5.74) is 5.88. The highest BCUT2D eigenvalue weighted by Gasteiger charge is 2.11. The van der Waals surface area contributed by atoms with Gasteiger partial charge < -0.3 is 15.8 Å². The number of nitrogens with zero attached hydrogens (tertiary/aromatic N) is 1. The van der Waals surface area contributed by atoms with Crippen molar-refractivity contribution >= 4 is 0 Å². The maximum Gasteiger partial charge on any atom is 0.0840 e. The Balaban J connectivity index is 0. The van der Waals surface area contributed by atoms with Gasteiger partial charge in [0.05, 0.1) is 12.3 Å². The summed E-state index contributed by atoms with van der Waals surface area (Å²) in [6, 6.07) is 0. The van der Waals surface area contributed by atoms with Crippen molar-refractivity contribution in [2.45, 2.75) is 34.6 Å². The van der Waals surface area contributed by atoms with E-state index in [1.54, 1.807) is 6.20 Å². The Bertz CT molecular complexity index is 161. The summed E-state index contributed by atoms with van der Waals surface area (Å²) >= 11 is 0. The van der Waals surface area contributed by atoms with Crippen molar-refractivity contribution in [1.82, 2.24) is 5.01 Å². The minimum atomic E-state index is -0.155.